The lowest BCUT2D eigenvalue weighted by Crippen LogP contribution is -2.33. The third-order valence-corrected chi connectivity index (χ3v) is 6.27. The third kappa shape index (κ3) is 3.47. The second-order valence-corrected chi connectivity index (χ2v) is 8.26. The van der Waals surface area contributed by atoms with Crippen LogP contribution < -0.4 is 5.32 Å². The largest absolute Gasteiger partial charge is 0.322 e. The number of benzene rings is 2. The fourth-order valence-electron chi connectivity index (χ4n) is 2.45. The van der Waals surface area contributed by atoms with Crippen LogP contribution in [0.2, 0.25) is 0 Å². The average molecular weight is 372 g/mol. The second kappa shape index (κ2) is 6.89. The van der Waals surface area contributed by atoms with Crippen LogP contribution in [-0.2, 0) is 10.0 Å². The van der Waals surface area contributed by atoms with Crippen molar-refractivity contribution in [1.29, 1.82) is 0 Å². The molecule has 1 heterocycles. The summed E-state index contributed by atoms with van der Waals surface area (Å²) in [6.45, 7) is 3.60. The summed E-state index contributed by atoms with van der Waals surface area (Å²) in [4.78, 5) is 12.6. The smallest absolute Gasteiger partial charge is 0.255 e. The number of amides is 1. The summed E-state index contributed by atoms with van der Waals surface area (Å²) in [5.74, 6) is -0.311. The van der Waals surface area contributed by atoms with Crippen molar-refractivity contribution < 1.29 is 13.2 Å². The van der Waals surface area contributed by atoms with Gasteiger partial charge in [-0.05, 0) is 56.3 Å². The van der Waals surface area contributed by atoms with E-state index in [-0.39, 0.29) is 16.8 Å². The van der Waals surface area contributed by atoms with Crippen molar-refractivity contribution in [1.82, 2.24) is 14.5 Å². The molecule has 0 aliphatic carbocycles. The van der Waals surface area contributed by atoms with Crippen molar-refractivity contribution in [3.05, 3.63) is 54.2 Å². The van der Waals surface area contributed by atoms with Gasteiger partial charge < -0.3 is 5.32 Å². The van der Waals surface area contributed by atoms with Crippen molar-refractivity contribution in [2.45, 2.75) is 24.8 Å². The van der Waals surface area contributed by atoms with E-state index in [1.807, 2.05) is 12.1 Å². The van der Waals surface area contributed by atoms with E-state index in [1.165, 1.54) is 35.6 Å². The number of hydrogen-bond donors (Lipinski definition) is 2. The molecule has 1 aromatic heterocycles. The predicted molar refractivity (Wildman–Crippen MR) is 101 cm³/mol. The van der Waals surface area contributed by atoms with Gasteiger partial charge in [-0.2, -0.15) is 9.40 Å². The van der Waals surface area contributed by atoms with E-state index in [2.05, 4.69) is 15.5 Å². The maximum atomic E-state index is 12.5. The van der Waals surface area contributed by atoms with Gasteiger partial charge in [0.2, 0.25) is 10.0 Å². The first-order valence-corrected chi connectivity index (χ1v) is 9.55. The number of nitrogens with one attached hydrogen (secondary N) is 2. The topological polar surface area (TPSA) is 95.2 Å². The minimum absolute atomic E-state index is 0.152. The van der Waals surface area contributed by atoms with Gasteiger partial charge in [-0.15, -0.1) is 0 Å². The number of rotatable bonds is 5. The highest BCUT2D eigenvalue weighted by atomic mass is 32.2. The van der Waals surface area contributed by atoms with Crippen LogP contribution in [0.3, 0.4) is 0 Å². The van der Waals surface area contributed by atoms with Crippen LogP contribution in [0.4, 0.5) is 5.69 Å². The van der Waals surface area contributed by atoms with Crippen LogP contribution in [0, 0.1) is 0 Å². The molecule has 3 rings (SSSR count). The molecule has 2 aromatic carbocycles. The number of fused-ring (bicyclic) bond motifs is 1. The molecule has 0 bridgehead atoms. The molecular weight excluding hydrogens is 352 g/mol. The molecule has 0 saturated heterocycles. The number of H-pyrrole nitrogens is 1. The van der Waals surface area contributed by atoms with E-state index >= 15 is 0 Å². The zero-order valence-corrected chi connectivity index (χ0v) is 15.5. The Morgan fingerprint density at radius 1 is 1.15 bits per heavy atom. The highest BCUT2D eigenvalue weighted by Crippen LogP contribution is 2.19. The molecule has 2 N–H and O–H groups in total. The number of carbonyl (C=O) groups excluding carboxylic acids is 1. The van der Waals surface area contributed by atoms with Gasteiger partial charge in [0.1, 0.15) is 0 Å². The van der Waals surface area contributed by atoms with E-state index in [4.69, 9.17) is 0 Å². The Kier molecular flexibility index (Phi) is 4.80. The lowest BCUT2D eigenvalue weighted by molar-refractivity contribution is 0.102. The molecule has 1 amide bonds. The van der Waals surface area contributed by atoms with Gasteiger partial charge in [-0.25, -0.2) is 8.42 Å². The Morgan fingerprint density at radius 2 is 1.85 bits per heavy atom. The van der Waals surface area contributed by atoms with Gasteiger partial charge in [-0.1, -0.05) is 0 Å². The van der Waals surface area contributed by atoms with Crippen LogP contribution >= 0.6 is 0 Å². The van der Waals surface area contributed by atoms with Gasteiger partial charge in [0.05, 0.1) is 16.6 Å². The van der Waals surface area contributed by atoms with Crippen molar-refractivity contribution >= 4 is 32.5 Å². The van der Waals surface area contributed by atoms with Crippen LogP contribution in [0.1, 0.15) is 24.2 Å². The molecule has 0 saturated carbocycles. The summed E-state index contributed by atoms with van der Waals surface area (Å²) in [5, 5.41) is 10.5. The van der Waals surface area contributed by atoms with Crippen LogP contribution in [-0.4, -0.2) is 41.9 Å². The summed E-state index contributed by atoms with van der Waals surface area (Å²) in [5.41, 5.74) is 1.90. The van der Waals surface area contributed by atoms with Crippen molar-refractivity contribution in [3.8, 4) is 0 Å². The molecule has 0 aliphatic rings. The highest BCUT2D eigenvalue weighted by Gasteiger charge is 2.23. The quantitative estimate of drug-likeness (QED) is 0.720. The maximum absolute atomic E-state index is 12.5. The standard InChI is InChI=1S/C18H20N4O3S/c1-12(2)22(3)26(24,25)16-7-4-13(5-8-16)18(23)20-15-6-9-17-14(10-15)11-19-21-17/h4-12H,1-3H3,(H,19,21)(H,20,23). The van der Waals surface area contributed by atoms with Gasteiger partial charge >= 0.3 is 0 Å². The van der Waals surface area contributed by atoms with E-state index in [0.717, 1.165) is 10.9 Å². The normalized spacial score (nSPS) is 12.0. The lowest BCUT2D eigenvalue weighted by Gasteiger charge is -2.21. The minimum atomic E-state index is -3.57. The summed E-state index contributed by atoms with van der Waals surface area (Å²) in [6, 6.07) is 11.2. The molecule has 7 nitrogen and oxygen atoms in total. The Labute approximate surface area is 152 Å². The molecule has 136 valence electrons. The molecule has 0 spiro atoms. The monoisotopic (exact) mass is 372 g/mol. The first-order chi connectivity index (χ1) is 12.3. The molecule has 26 heavy (non-hydrogen) atoms. The first kappa shape index (κ1) is 18.1. The molecule has 0 radical (unpaired) electrons. The number of carbonyl (C=O) groups is 1. The molecule has 0 aliphatic heterocycles. The van der Waals surface area contributed by atoms with Crippen LogP contribution in [0.25, 0.3) is 10.9 Å². The number of aromatic amines is 1. The SMILES string of the molecule is CC(C)N(C)S(=O)(=O)c1ccc(C(=O)Nc2ccc3[nH]ncc3c2)cc1. The van der Waals surface area contributed by atoms with Gasteiger partial charge in [0, 0.05) is 29.7 Å². The van der Waals surface area contributed by atoms with E-state index < -0.39 is 10.0 Å². The van der Waals surface area contributed by atoms with Gasteiger partial charge in [0.15, 0.2) is 0 Å². The van der Waals surface area contributed by atoms with Crippen LogP contribution in [0.15, 0.2) is 53.6 Å². The Balaban J connectivity index is 1.78. The number of anilines is 1. The van der Waals surface area contributed by atoms with Crippen LogP contribution in [0.5, 0.6) is 0 Å². The summed E-state index contributed by atoms with van der Waals surface area (Å²) in [6.07, 6.45) is 1.68. The van der Waals surface area contributed by atoms with Crippen molar-refractivity contribution in [3.63, 3.8) is 0 Å². The fraction of sp³-hybridized carbons (Fsp3) is 0.222. The zero-order valence-electron chi connectivity index (χ0n) is 14.7. The number of aromatic nitrogens is 2. The number of hydrogen-bond acceptors (Lipinski definition) is 4. The Morgan fingerprint density at radius 3 is 2.50 bits per heavy atom. The summed E-state index contributed by atoms with van der Waals surface area (Å²) < 4.78 is 26.2. The molecule has 8 heteroatoms. The molecule has 3 aromatic rings. The minimum Gasteiger partial charge on any atom is -0.322 e. The fourth-order valence-corrected chi connectivity index (χ4v) is 3.81. The molecule has 0 fully saturated rings. The Bertz CT molecular complexity index is 1040. The van der Waals surface area contributed by atoms with E-state index in [1.54, 1.807) is 26.1 Å². The van der Waals surface area contributed by atoms with Gasteiger partial charge in [0.25, 0.3) is 5.91 Å². The summed E-state index contributed by atoms with van der Waals surface area (Å²) >= 11 is 0. The number of sulfonamides is 1. The first-order valence-electron chi connectivity index (χ1n) is 8.11. The lowest BCUT2D eigenvalue weighted by atomic mass is 10.2. The summed E-state index contributed by atoms with van der Waals surface area (Å²) in [7, 11) is -2.03. The predicted octanol–water partition coefficient (Wildman–Crippen LogP) is 2.84. The van der Waals surface area contributed by atoms with E-state index in [0.29, 0.717) is 11.3 Å². The second-order valence-electron chi connectivity index (χ2n) is 6.27. The number of nitrogens with zero attached hydrogens (tertiary/aromatic N) is 2. The maximum Gasteiger partial charge on any atom is 0.255 e. The Hall–Kier alpha value is -2.71. The van der Waals surface area contributed by atoms with Gasteiger partial charge in [-0.3, -0.25) is 9.89 Å². The highest BCUT2D eigenvalue weighted by molar-refractivity contribution is 7.89. The zero-order chi connectivity index (χ0) is 18.9. The van der Waals surface area contributed by atoms with Crippen molar-refractivity contribution in [2.24, 2.45) is 0 Å². The third-order valence-electron chi connectivity index (χ3n) is 4.22. The molecule has 0 atom stereocenters. The average Bonchev–Trinajstić information content (AvgIpc) is 3.08. The molecular formula is C18H20N4O3S. The van der Waals surface area contributed by atoms with E-state index in [9.17, 15) is 13.2 Å². The molecule has 0 unspecified atom stereocenters. The van der Waals surface area contributed by atoms with Crippen molar-refractivity contribution in [2.75, 3.05) is 12.4 Å².